The third-order valence-electron chi connectivity index (χ3n) is 10.8. The second-order valence-electron chi connectivity index (χ2n) is 13.9. The first-order valence-electron chi connectivity index (χ1n) is 16.9. The molecule has 0 spiro atoms. The summed E-state index contributed by atoms with van der Waals surface area (Å²) in [6, 6.07) is 5.82. The van der Waals surface area contributed by atoms with Crippen LogP contribution in [-0.2, 0) is 4.74 Å². The molecule has 9 rings (SSSR count). The highest BCUT2D eigenvalue weighted by molar-refractivity contribution is 6.04. The molecule has 0 radical (unpaired) electrons. The summed E-state index contributed by atoms with van der Waals surface area (Å²) in [6.45, 7) is 3.05. The fraction of sp³-hybridized carbons (Fsp3) is 0.472. The van der Waals surface area contributed by atoms with Gasteiger partial charge in [0.2, 0.25) is 12.2 Å². The Morgan fingerprint density at radius 1 is 1.08 bits per heavy atom. The zero-order valence-electron chi connectivity index (χ0n) is 26.7. The first-order valence-corrected chi connectivity index (χ1v) is 16.9. The number of fused-ring (bicyclic) bond motifs is 5. The molecule has 49 heavy (non-hydrogen) atoms. The number of hydrogen-bond acceptors (Lipinski definition) is 10. The lowest BCUT2D eigenvalue weighted by atomic mass is 9.95. The van der Waals surface area contributed by atoms with E-state index in [1.807, 2.05) is 0 Å². The van der Waals surface area contributed by atoms with E-state index in [0.717, 1.165) is 32.2 Å². The van der Waals surface area contributed by atoms with Crippen LogP contribution in [0.25, 0.3) is 32.9 Å². The summed E-state index contributed by atoms with van der Waals surface area (Å²) in [5.74, 6) is 1.14. The number of phenolic OH excluding ortho intramolecular Hbond substituents is 1. The molecular formula is C36H35F3N6O4. The predicted octanol–water partition coefficient (Wildman–Crippen LogP) is 4.83. The average molecular weight is 673 g/mol. The smallest absolute Gasteiger partial charge is 0.319 e. The molecule has 2 aromatic heterocycles. The molecule has 5 aliphatic heterocycles. The Labute approximate surface area is 280 Å². The van der Waals surface area contributed by atoms with Crippen LogP contribution >= 0.6 is 0 Å². The number of terminal acetylenes is 1. The van der Waals surface area contributed by atoms with E-state index >= 15 is 8.78 Å². The number of rotatable bonds is 7. The Hall–Kier alpha value is -4.38. The number of alkyl halides is 1. The average Bonchev–Trinajstić information content (AvgIpc) is 3.72. The van der Waals surface area contributed by atoms with Crippen molar-refractivity contribution in [3.8, 4) is 41.2 Å². The van der Waals surface area contributed by atoms with Crippen molar-refractivity contribution in [3.05, 3.63) is 41.5 Å². The van der Waals surface area contributed by atoms with Gasteiger partial charge in [0, 0.05) is 55.5 Å². The third kappa shape index (κ3) is 5.11. The molecule has 10 nitrogen and oxygen atoms in total. The molecule has 0 amide bonds. The number of pyridine rings is 1. The van der Waals surface area contributed by atoms with E-state index in [2.05, 4.69) is 26.0 Å². The normalized spacial score (nSPS) is 27.8. The van der Waals surface area contributed by atoms with E-state index in [1.54, 1.807) is 0 Å². The highest BCUT2D eigenvalue weighted by Crippen LogP contribution is 2.44. The van der Waals surface area contributed by atoms with Crippen molar-refractivity contribution in [2.75, 3.05) is 44.3 Å². The first-order chi connectivity index (χ1) is 23.8. The molecule has 5 atom stereocenters. The van der Waals surface area contributed by atoms with Crippen molar-refractivity contribution in [2.24, 2.45) is 0 Å². The molecule has 0 aliphatic carbocycles. The molecule has 0 saturated carbocycles. The summed E-state index contributed by atoms with van der Waals surface area (Å²) in [6.07, 6.45) is 8.87. The number of phenols is 1. The molecule has 13 heteroatoms. The van der Waals surface area contributed by atoms with Gasteiger partial charge in [0.1, 0.15) is 46.8 Å². The summed E-state index contributed by atoms with van der Waals surface area (Å²) in [5, 5.41) is 15.2. The maximum atomic E-state index is 17.3. The number of nitrogens with zero attached hydrogens (tertiary/aromatic N) is 5. The summed E-state index contributed by atoms with van der Waals surface area (Å²) in [5.41, 5.74) is -0.844. The van der Waals surface area contributed by atoms with Gasteiger partial charge < -0.3 is 29.5 Å². The summed E-state index contributed by atoms with van der Waals surface area (Å²) >= 11 is 0. The Balaban J connectivity index is 1.25. The Morgan fingerprint density at radius 3 is 2.65 bits per heavy atom. The summed E-state index contributed by atoms with van der Waals surface area (Å²) in [7, 11) is 0. The maximum Gasteiger partial charge on any atom is 0.319 e. The number of hydrogen-bond donors (Lipinski definition) is 2. The van der Waals surface area contributed by atoms with Crippen LogP contribution in [0.3, 0.4) is 0 Å². The van der Waals surface area contributed by atoms with Crippen LogP contribution in [0.1, 0.15) is 44.1 Å². The number of nitrogens with one attached hydrogen (secondary N) is 1. The molecule has 5 aliphatic rings. The third-order valence-corrected chi connectivity index (χ3v) is 10.8. The molecule has 2 bridgehead atoms. The Morgan fingerprint density at radius 2 is 1.90 bits per heavy atom. The molecule has 2 aromatic carbocycles. The van der Waals surface area contributed by atoms with E-state index in [1.165, 1.54) is 24.3 Å². The summed E-state index contributed by atoms with van der Waals surface area (Å²) < 4.78 is 65.1. The van der Waals surface area contributed by atoms with Gasteiger partial charge in [0.05, 0.1) is 17.7 Å². The molecule has 254 valence electrons. The fourth-order valence-electron chi connectivity index (χ4n) is 8.46. The number of piperazine rings is 1. The van der Waals surface area contributed by atoms with E-state index in [0.29, 0.717) is 50.3 Å². The van der Waals surface area contributed by atoms with E-state index < -0.39 is 29.6 Å². The number of anilines is 1. The first kappa shape index (κ1) is 30.7. The highest BCUT2D eigenvalue weighted by Gasteiger charge is 2.49. The monoisotopic (exact) mass is 672 g/mol. The van der Waals surface area contributed by atoms with E-state index in [-0.39, 0.29) is 69.4 Å². The molecule has 2 N–H and O–H groups in total. The quantitative estimate of drug-likeness (QED) is 0.266. The number of halogens is 3. The van der Waals surface area contributed by atoms with Crippen LogP contribution < -0.4 is 19.7 Å². The van der Waals surface area contributed by atoms with Gasteiger partial charge in [-0.3, -0.25) is 4.90 Å². The van der Waals surface area contributed by atoms with Gasteiger partial charge in [0.25, 0.3) is 0 Å². The molecule has 5 fully saturated rings. The van der Waals surface area contributed by atoms with Crippen LogP contribution in [0.5, 0.6) is 17.6 Å². The van der Waals surface area contributed by atoms with Gasteiger partial charge in [0.15, 0.2) is 5.82 Å². The maximum absolute atomic E-state index is 17.3. The van der Waals surface area contributed by atoms with Gasteiger partial charge in [-0.2, -0.15) is 9.97 Å². The molecule has 5 saturated heterocycles. The highest BCUT2D eigenvalue weighted by atomic mass is 19.1. The Kier molecular flexibility index (Phi) is 7.26. The van der Waals surface area contributed by atoms with Crippen molar-refractivity contribution < 1.29 is 32.5 Å². The number of benzene rings is 2. The van der Waals surface area contributed by atoms with Crippen LogP contribution in [0.15, 0.2) is 24.3 Å². The van der Waals surface area contributed by atoms with Gasteiger partial charge in [-0.25, -0.2) is 18.2 Å². The second-order valence-corrected chi connectivity index (χ2v) is 13.9. The van der Waals surface area contributed by atoms with Crippen LogP contribution in [-0.4, -0.2) is 94.4 Å². The van der Waals surface area contributed by atoms with Crippen LogP contribution in [0.2, 0.25) is 0 Å². The van der Waals surface area contributed by atoms with Crippen molar-refractivity contribution in [2.45, 2.75) is 68.6 Å². The Bertz CT molecular complexity index is 2030. The molecule has 3 unspecified atom stereocenters. The standard InChI is InChI=1S/C36H35F3N6O4/c1-2-24-26(38)7-4-19-12-23(46)13-25(28(19)24)31-30(39)32-29(34(41-31)49-27-8-11-47-27)33(44-16-21-5-6-22(17-44)40-21)43-35(42-32)48-18-36-9-3-10-45(36)15-20(37)14-36/h1,4,7,12-13,20-22,27,40,46H,3,5-6,8-11,14-18H2/t20-,21?,22?,27?,36+/m1/s1. The minimum atomic E-state index is -0.942. The minimum Gasteiger partial charge on any atom is -0.508 e. The lowest BCUT2D eigenvalue weighted by molar-refractivity contribution is -0.166. The fourth-order valence-corrected chi connectivity index (χ4v) is 8.46. The number of aromatic nitrogens is 3. The van der Waals surface area contributed by atoms with Crippen molar-refractivity contribution >= 4 is 27.5 Å². The molecule has 7 heterocycles. The van der Waals surface area contributed by atoms with Crippen molar-refractivity contribution in [1.29, 1.82) is 0 Å². The number of ether oxygens (including phenoxy) is 3. The van der Waals surface area contributed by atoms with E-state index in [4.69, 9.17) is 30.6 Å². The SMILES string of the molecule is C#Cc1c(F)ccc2cc(O)cc(-c3nc(OC4CCO4)c4c(N5CC6CCC(C5)N6)nc(OC[C@@]56CCCN5C[C@H](F)C6)nc4c3F)c12. The van der Waals surface area contributed by atoms with Gasteiger partial charge in [-0.05, 0) is 55.8 Å². The summed E-state index contributed by atoms with van der Waals surface area (Å²) in [4.78, 5) is 18.4. The van der Waals surface area contributed by atoms with Gasteiger partial charge in [-0.1, -0.05) is 12.0 Å². The lowest BCUT2D eigenvalue weighted by Crippen LogP contribution is -2.51. The largest absolute Gasteiger partial charge is 0.508 e. The van der Waals surface area contributed by atoms with Crippen LogP contribution in [0.4, 0.5) is 19.0 Å². The molecular weight excluding hydrogens is 637 g/mol. The van der Waals surface area contributed by atoms with Crippen LogP contribution in [0, 0.1) is 24.0 Å². The predicted molar refractivity (Wildman–Crippen MR) is 175 cm³/mol. The van der Waals surface area contributed by atoms with Crippen molar-refractivity contribution in [3.63, 3.8) is 0 Å². The van der Waals surface area contributed by atoms with Crippen molar-refractivity contribution in [1.82, 2.24) is 25.2 Å². The zero-order valence-corrected chi connectivity index (χ0v) is 26.7. The minimum absolute atomic E-state index is 0.0373. The van der Waals surface area contributed by atoms with E-state index in [9.17, 15) is 9.50 Å². The zero-order chi connectivity index (χ0) is 33.4. The van der Waals surface area contributed by atoms with Gasteiger partial charge in [-0.15, -0.1) is 6.42 Å². The molecule has 4 aromatic rings. The lowest BCUT2D eigenvalue weighted by Gasteiger charge is -2.35. The van der Waals surface area contributed by atoms with Gasteiger partial charge >= 0.3 is 6.01 Å². The second kappa shape index (κ2) is 11.6. The topological polar surface area (TPSA) is 105 Å². The number of aromatic hydroxyl groups is 1.